The molecule has 2 nitrogen and oxygen atoms in total. The van der Waals surface area contributed by atoms with E-state index in [0.717, 1.165) is 0 Å². The third-order valence-corrected chi connectivity index (χ3v) is 4.66. The molecular formula is C17H28N2. The molecule has 1 aliphatic carbocycles. The fourth-order valence-corrected chi connectivity index (χ4v) is 3.16. The number of anilines is 1. The first-order valence-electron chi connectivity index (χ1n) is 7.48. The molecule has 0 aromatic heterocycles. The highest BCUT2D eigenvalue weighted by Crippen LogP contribution is 2.38. The largest absolute Gasteiger partial charge is 0.371 e. The van der Waals surface area contributed by atoms with Gasteiger partial charge in [-0.1, -0.05) is 32.0 Å². The Kier molecular flexibility index (Phi) is 4.19. The second kappa shape index (κ2) is 5.54. The van der Waals surface area contributed by atoms with Crippen molar-refractivity contribution in [3.05, 3.63) is 29.8 Å². The molecule has 0 spiro atoms. The Labute approximate surface area is 118 Å². The van der Waals surface area contributed by atoms with Gasteiger partial charge in [0, 0.05) is 24.8 Å². The van der Waals surface area contributed by atoms with Crippen LogP contribution in [0.3, 0.4) is 0 Å². The molecular weight excluding hydrogens is 232 g/mol. The first-order valence-corrected chi connectivity index (χ1v) is 7.48. The van der Waals surface area contributed by atoms with Crippen molar-refractivity contribution >= 4 is 5.69 Å². The summed E-state index contributed by atoms with van der Waals surface area (Å²) in [5.41, 5.74) is 9.19. The predicted molar refractivity (Wildman–Crippen MR) is 83.5 cm³/mol. The number of nitrogens with two attached hydrogens (primary N) is 1. The Morgan fingerprint density at radius 3 is 2.37 bits per heavy atom. The van der Waals surface area contributed by atoms with E-state index in [9.17, 15) is 0 Å². The van der Waals surface area contributed by atoms with E-state index in [2.05, 4.69) is 57.0 Å². The highest BCUT2D eigenvalue weighted by atomic mass is 15.1. The van der Waals surface area contributed by atoms with Crippen molar-refractivity contribution in [1.29, 1.82) is 0 Å². The molecule has 1 atom stereocenters. The van der Waals surface area contributed by atoms with Crippen LogP contribution in [0.25, 0.3) is 0 Å². The van der Waals surface area contributed by atoms with Gasteiger partial charge in [0.05, 0.1) is 0 Å². The van der Waals surface area contributed by atoms with Gasteiger partial charge >= 0.3 is 0 Å². The Morgan fingerprint density at radius 1 is 1.21 bits per heavy atom. The summed E-state index contributed by atoms with van der Waals surface area (Å²) in [6.07, 6.45) is 5.22. The molecule has 1 aliphatic rings. The van der Waals surface area contributed by atoms with E-state index in [1.54, 1.807) is 0 Å². The van der Waals surface area contributed by atoms with Crippen LogP contribution in [0.5, 0.6) is 0 Å². The lowest BCUT2D eigenvalue weighted by molar-refractivity contribution is 0.222. The summed E-state index contributed by atoms with van der Waals surface area (Å²) in [6.45, 7) is 6.84. The molecule has 0 bridgehead atoms. The van der Waals surface area contributed by atoms with Gasteiger partial charge in [-0.25, -0.2) is 0 Å². The number of hydrogen-bond acceptors (Lipinski definition) is 2. The van der Waals surface area contributed by atoms with Crippen LogP contribution in [0.4, 0.5) is 5.69 Å². The third-order valence-electron chi connectivity index (χ3n) is 4.66. The van der Waals surface area contributed by atoms with E-state index >= 15 is 0 Å². The van der Waals surface area contributed by atoms with Gasteiger partial charge in [0.15, 0.2) is 0 Å². The summed E-state index contributed by atoms with van der Waals surface area (Å²) >= 11 is 0. The summed E-state index contributed by atoms with van der Waals surface area (Å²) in [6, 6.07) is 9.32. The van der Waals surface area contributed by atoms with Crippen molar-refractivity contribution in [2.75, 3.05) is 11.9 Å². The monoisotopic (exact) mass is 260 g/mol. The maximum atomic E-state index is 6.10. The van der Waals surface area contributed by atoms with Crippen LogP contribution in [-0.4, -0.2) is 13.1 Å². The molecule has 2 N–H and O–H groups in total. The van der Waals surface area contributed by atoms with E-state index in [1.807, 2.05) is 0 Å². The molecule has 1 aromatic carbocycles. The zero-order valence-corrected chi connectivity index (χ0v) is 12.8. The van der Waals surface area contributed by atoms with Gasteiger partial charge in [-0.15, -0.1) is 0 Å². The molecule has 2 heteroatoms. The van der Waals surface area contributed by atoms with Crippen molar-refractivity contribution in [2.24, 2.45) is 11.1 Å². The first-order chi connectivity index (χ1) is 8.91. The van der Waals surface area contributed by atoms with E-state index in [1.165, 1.54) is 36.9 Å². The maximum Gasteiger partial charge on any atom is 0.0414 e. The summed E-state index contributed by atoms with van der Waals surface area (Å²) < 4.78 is 0. The second-order valence-electron chi connectivity index (χ2n) is 6.85. The number of para-hydroxylation sites is 1. The predicted octanol–water partition coefficient (Wildman–Crippen LogP) is 4.11. The zero-order chi connectivity index (χ0) is 14.0. The maximum absolute atomic E-state index is 6.10. The number of benzene rings is 1. The van der Waals surface area contributed by atoms with Crippen molar-refractivity contribution < 1.29 is 0 Å². The number of nitrogens with zero attached hydrogens (tertiary/aromatic N) is 1. The average molecular weight is 260 g/mol. The smallest absolute Gasteiger partial charge is 0.0414 e. The first kappa shape index (κ1) is 14.4. The van der Waals surface area contributed by atoms with E-state index in [-0.39, 0.29) is 6.04 Å². The van der Waals surface area contributed by atoms with Crippen LogP contribution in [0, 0.1) is 5.41 Å². The fraction of sp³-hybridized carbons (Fsp3) is 0.647. The van der Waals surface area contributed by atoms with Gasteiger partial charge < -0.3 is 10.6 Å². The minimum Gasteiger partial charge on any atom is -0.371 e. The van der Waals surface area contributed by atoms with Crippen LogP contribution in [0.15, 0.2) is 24.3 Å². The van der Waals surface area contributed by atoms with Crippen LogP contribution in [0.2, 0.25) is 0 Å². The fourth-order valence-electron chi connectivity index (χ4n) is 3.16. The summed E-state index contributed by atoms with van der Waals surface area (Å²) in [7, 11) is 2.23. The van der Waals surface area contributed by atoms with Gasteiger partial charge in [-0.3, -0.25) is 0 Å². The standard InChI is InChI=1S/C17H28N2/c1-13(18)15-7-5-6-8-16(15)19(4)14-9-11-17(2,3)12-10-14/h5-8,13-14H,9-12,18H2,1-4H3. The lowest BCUT2D eigenvalue weighted by Gasteiger charge is -2.40. The van der Waals surface area contributed by atoms with E-state index in [0.29, 0.717) is 11.5 Å². The van der Waals surface area contributed by atoms with E-state index in [4.69, 9.17) is 5.73 Å². The van der Waals surface area contributed by atoms with Crippen molar-refractivity contribution in [2.45, 2.75) is 58.5 Å². The third kappa shape index (κ3) is 3.30. The Balaban J connectivity index is 2.14. The van der Waals surface area contributed by atoms with Gasteiger partial charge in [-0.05, 0) is 49.7 Å². The zero-order valence-electron chi connectivity index (χ0n) is 12.8. The van der Waals surface area contributed by atoms with Crippen LogP contribution in [-0.2, 0) is 0 Å². The molecule has 1 unspecified atom stereocenters. The molecule has 0 radical (unpaired) electrons. The second-order valence-corrected chi connectivity index (χ2v) is 6.85. The molecule has 0 aliphatic heterocycles. The topological polar surface area (TPSA) is 29.3 Å². The Morgan fingerprint density at radius 2 is 1.79 bits per heavy atom. The molecule has 1 saturated carbocycles. The molecule has 19 heavy (non-hydrogen) atoms. The highest BCUT2D eigenvalue weighted by Gasteiger charge is 2.29. The van der Waals surface area contributed by atoms with Crippen LogP contribution >= 0.6 is 0 Å². The van der Waals surface area contributed by atoms with Crippen molar-refractivity contribution in [3.8, 4) is 0 Å². The van der Waals surface area contributed by atoms with Gasteiger partial charge in [0.2, 0.25) is 0 Å². The van der Waals surface area contributed by atoms with Crippen LogP contribution < -0.4 is 10.6 Å². The molecule has 0 heterocycles. The highest BCUT2D eigenvalue weighted by molar-refractivity contribution is 5.55. The minimum absolute atomic E-state index is 0.0960. The summed E-state index contributed by atoms with van der Waals surface area (Å²) in [5, 5.41) is 0. The SMILES string of the molecule is CC(N)c1ccccc1N(C)C1CCC(C)(C)CC1. The van der Waals surface area contributed by atoms with Gasteiger partial charge in [0.1, 0.15) is 0 Å². The lowest BCUT2D eigenvalue weighted by atomic mass is 9.75. The van der Waals surface area contributed by atoms with E-state index < -0.39 is 0 Å². The quantitative estimate of drug-likeness (QED) is 0.886. The average Bonchev–Trinajstić information content (AvgIpc) is 2.38. The van der Waals surface area contributed by atoms with Crippen molar-refractivity contribution in [1.82, 2.24) is 0 Å². The van der Waals surface area contributed by atoms with Gasteiger partial charge in [0.25, 0.3) is 0 Å². The van der Waals surface area contributed by atoms with Crippen molar-refractivity contribution in [3.63, 3.8) is 0 Å². The normalized spacial score (nSPS) is 21.1. The number of rotatable bonds is 3. The van der Waals surface area contributed by atoms with Crippen LogP contribution in [0.1, 0.15) is 58.1 Å². The molecule has 2 rings (SSSR count). The molecule has 0 saturated heterocycles. The van der Waals surface area contributed by atoms with Gasteiger partial charge in [-0.2, -0.15) is 0 Å². The number of hydrogen-bond donors (Lipinski definition) is 1. The Hall–Kier alpha value is -1.02. The minimum atomic E-state index is 0.0960. The Bertz CT molecular complexity index is 413. The lowest BCUT2D eigenvalue weighted by Crippen LogP contribution is -2.37. The summed E-state index contributed by atoms with van der Waals surface area (Å²) in [5.74, 6) is 0. The molecule has 106 valence electrons. The molecule has 0 amide bonds. The summed E-state index contributed by atoms with van der Waals surface area (Å²) in [4.78, 5) is 2.45. The molecule has 1 aromatic rings. The molecule has 1 fully saturated rings.